The first-order valence-electron chi connectivity index (χ1n) is 26.6. The Labute approximate surface area is 421 Å². The molecule has 3 saturated heterocycles. The number of carbonyl (C=O) groups excluding carboxylic acids is 2. The Balaban J connectivity index is 1.17. The zero-order valence-corrected chi connectivity index (χ0v) is 45.2. The van der Waals surface area contributed by atoms with Gasteiger partial charge in [0.15, 0.2) is 5.82 Å². The summed E-state index contributed by atoms with van der Waals surface area (Å²) in [5.74, 6) is 0.218. The Morgan fingerprint density at radius 2 is 1.72 bits per heavy atom. The lowest BCUT2D eigenvalue weighted by Gasteiger charge is -2.44. The molecule has 2 aromatic heterocycles. The summed E-state index contributed by atoms with van der Waals surface area (Å²) in [5, 5.41) is 13.0. The summed E-state index contributed by atoms with van der Waals surface area (Å²) in [5.41, 5.74) is 6.10. The molecule has 4 aromatic rings. The Morgan fingerprint density at radius 3 is 2.37 bits per heavy atom. The van der Waals surface area contributed by atoms with Crippen molar-refractivity contribution >= 4 is 48.2 Å². The van der Waals surface area contributed by atoms with Crippen LogP contribution in [0.4, 0.5) is 19.4 Å². The molecule has 4 fully saturated rings. The van der Waals surface area contributed by atoms with Crippen LogP contribution in [0.1, 0.15) is 146 Å². The van der Waals surface area contributed by atoms with E-state index in [4.69, 9.17) is 34.6 Å². The number of hydrogen-bond acceptors (Lipinski definition) is 11. The number of benzene rings is 2. The van der Waals surface area contributed by atoms with Crippen LogP contribution >= 0.6 is 0 Å². The van der Waals surface area contributed by atoms with Gasteiger partial charge < -0.3 is 34.4 Å². The topological polar surface area (TPSA) is 153 Å². The number of aldehydes is 1. The lowest BCUT2D eigenvalue weighted by molar-refractivity contribution is -0.117. The molecule has 4 aliphatic rings. The molecule has 12 nitrogen and oxygen atoms in total. The molecule has 15 heteroatoms. The van der Waals surface area contributed by atoms with Crippen molar-refractivity contribution in [2.75, 3.05) is 31.1 Å². The summed E-state index contributed by atoms with van der Waals surface area (Å²) >= 11 is 0. The van der Waals surface area contributed by atoms with Crippen molar-refractivity contribution < 1.29 is 37.4 Å². The molecule has 71 heavy (non-hydrogen) atoms. The Hall–Kier alpha value is -4.47. The molecule has 3 N–H and O–H groups in total. The molecule has 1 aliphatic carbocycles. The van der Waals surface area contributed by atoms with E-state index < -0.39 is 25.8 Å². The largest absolute Gasteiger partial charge is 0.543 e. The smallest absolute Gasteiger partial charge is 0.404 e. The van der Waals surface area contributed by atoms with E-state index in [9.17, 15) is 14.7 Å². The van der Waals surface area contributed by atoms with E-state index in [2.05, 4.69) is 67.2 Å². The van der Waals surface area contributed by atoms with Gasteiger partial charge in [0.25, 0.3) is 8.32 Å². The van der Waals surface area contributed by atoms with Crippen molar-refractivity contribution in [3.05, 3.63) is 47.7 Å². The van der Waals surface area contributed by atoms with Gasteiger partial charge in [-0.05, 0) is 146 Å². The third-order valence-corrected chi connectivity index (χ3v) is 23.4. The number of β-amino-alcohol motifs (C(OH)–C–C–N with tert-alkyl or cyclic N) is 1. The van der Waals surface area contributed by atoms with Gasteiger partial charge in [-0.2, -0.15) is 9.97 Å². The lowest BCUT2D eigenvalue weighted by Crippen LogP contribution is -2.50. The van der Waals surface area contributed by atoms with Gasteiger partial charge in [0.05, 0.1) is 16.5 Å². The second kappa shape index (κ2) is 20.4. The van der Waals surface area contributed by atoms with Gasteiger partial charge in [0, 0.05) is 43.2 Å². The molecule has 7 atom stereocenters. The van der Waals surface area contributed by atoms with Gasteiger partial charge in [-0.15, -0.1) is 0 Å². The van der Waals surface area contributed by atoms with Gasteiger partial charge >= 0.3 is 12.1 Å². The minimum atomic E-state index is -2.48. The summed E-state index contributed by atoms with van der Waals surface area (Å²) in [6.07, 6.45) is 9.78. The number of carbonyl (C=O) groups is 2. The summed E-state index contributed by atoms with van der Waals surface area (Å²) in [6, 6.07) is 7.16. The van der Waals surface area contributed by atoms with E-state index in [0.717, 1.165) is 63.2 Å². The molecular formula is C56H80F2N6O6Si. The first kappa shape index (κ1) is 52.8. The molecule has 2 aromatic carbocycles. The molecule has 4 unspecified atom stereocenters. The first-order valence-corrected chi connectivity index (χ1v) is 28.8. The number of anilines is 1. The minimum absolute atomic E-state index is 0.0252. The van der Waals surface area contributed by atoms with E-state index >= 15 is 8.78 Å². The van der Waals surface area contributed by atoms with Crippen LogP contribution < -0.4 is 19.8 Å². The van der Waals surface area contributed by atoms with Gasteiger partial charge in [-0.3, -0.25) is 9.88 Å². The lowest BCUT2D eigenvalue weighted by atomic mass is 9.63. The summed E-state index contributed by atoms with van der Waals surface area (Å²) in [4.78, 5) is 43.8. The number of aryl methyl sites for hydroxylation is 1. The van der Waals surface area contributed by atoms with E-state index in [1.807, 2.05) is 24.0 Å². The van der Waals surface area contributed by atoms with Crippen molar-refractivity contribution in [2.45, 2.75) is 187 Å². The van der Waals surface area contributed by atoms with E-state index in [-0.39, 0.29) is 93.7 Å². The van der Waals surface area contributed by atoms with Crippen molar-refractivity contribution in [2.24, 2.45) is 28.9 Å². The van der Waals surface area contributed by atoms with E-state index in [1.165, 1.54) is 6.07 Å². The number of piperidine rings is 1. The molecular weight excluding hydrogens is 919 g/mol. The van der Waals surface area contributed by atoms with Crippen molar-refractivity contribution in [1.29, 1.82) is 0 Å². The number of aliphatic hydroxyl groups is 1. The Bertz CT molecular complexity index is 2580. The SMILES string of the molecule is CCc1c(F)ccc2cc(O[Si](C(C)C)(C(C)C)C(C)C)cc(-c3ncc4c(N5CCC[C@@](C)(O)C5)nc(OC[C@@]56CCCN5[C@H](CC(OC(N)=O)C5CCC(C=O)C(C(C)(C)C)C5)CC6)nc4c3F)c12. The maximum Gasteiger partial charge on any atom is 0.404 e. The zero-order valence-electron chi connectivity index (χ0n) is 44.2. The van der Waals surface area contributed by atoms with Crippen LogP contribution in [0, 0.1) is 34.8 Å². The number of ether oxygens (including phenoxy) is 2. The summed E-state index contributed by atoms with van der Waals surface area (Å²) in [6.45, 7) is 25.5. The molecule has 8 rings (SSSR count). The van der Waals surface area contributed by atoms with Crippen LogP contribution in [-0.4, -0.2) is 95.2 Å². The number of amides is 1. The average molecular weight is 999 g/mol. The number of primary amides is 1. The maximum atomic E-state index is 18.0. The fourth-order valence-electron chi connectivity index (χ4n) is 14.1. The fourth-order valence-corrected chi connectivity index (χ4v) is 19.3. The number of rotatable bonds is 16. The predicted octanol–water partition coefficient (Wildman–Crippen LogP) is 12.1. The minimum Gasteiger partial charge on any atom is -0.543 e. The molecule has 1 saturated carbocycles. The van der Waals surface area contributed by atoms with Crippen LogP contribution in [0.15, 0.2) is 30.5 Å². The first-order chi connectivity index (χ1) is 33.5. The van der Waals surface area contributed by atoms with Gasteiger partial charge in [-0.1, -0.05) is 75.3 Å². The van der Waals surface area contributed by atoms with Crippen LogP contribution in [0.3, 0.4) is 0 Å². The van der Waals surface area contributed by atoms with Crippen LogP contribution in [0.2, 0.25) is 16.6 Å². The molecule has 5 heterocycles. The summed E-state index contributed by atoms with van der Waals surface area (Å²) in [7, 11) is -2.48. The zero-order chi connectivity index (χ0) is 51.4. The Morgan fingerprint density at radius 1 is 1.00 bits per heavy atom. The highest BCUT2D eigenvalue weighted by molar-refractivity contribution is 6.78. The normalized spacial score (nSPS) is 25.9. The quantitative estimate of drug-likeness (QED) is 0.0814. The number of aromatic nitrogens is 3. The molecule has 0 spiro atoms. The third-order valence-electron chi connectivity index (χ3n) is 17.4. The highest BCUT2D eigenvalue weighted by atomic mass is 28.4. The van der Waals surface area contributed by atoms with E-state index in [1.54, 1.807) is 19.2 Å². The number of nitrogens with two attached hydrogens (primary N) is 1. The second-order valence-electron chi connectivity index (χ2n) is 24.0. The average Bonchev–Trinajstić information content (AvgIpc) is 3.88. The van der Waals surface area contributed by atoms with Crippen molar-refractivity contribution in [1.82, 2.24) is 19.9 Å². The van der Waals surface area contributed by atoms with Gasteiger partial charge in [0.1, 0.15) is 47.6 Å². The highest BCUT2D eigenvalue weighted by Crippen LogP contribution is 2.50. The summed E-state index contributed by atoms with van der Waals surface area (Å²) < 4.78 is 53.7. The number of hydrogen-bond donors (Lipinski definition) is 2. The van der Waals surface area contributed by atoms with Crippen LogP contribution in [0.5, 0.6) is 11.8 Å². The third kappa shape index (κ3) is 10.3. The number of fused-ring (bicyclic) bond motifs is 3. The van der Waals surface area contributed by atoms with Crippen molar-refractivity contribution in [3.63, 3.8) is 0 Å². The molecule has 0 radical (unpaired) electrons. The standard InChI is InChI=1S/C56H80F2N6O6Si/c1-12-41-45(57)18-17-37-25-40(70-71(33(2)3,34(4)5)35(6)7)28-42(47(37)41)49-48(58)50-43(29-60-49)51(63-23-13-20-55(11,67)31-63)62-53(61-50)68-32-56-21-14-24-64(56)39(19-22-56)27-46(69-52(59)66)36-15-16-38(30-65)44(26-36)54(8,9)10/h17-18,25,28-30,33-36,38-39,44,46,67H,12-16,19-24,26-27,31-32H2,1-11H3,(H2,59,66)/t36?,38?,39-,44?,46?,55+,56-/m0/s1. The molecule has 3 aliphatic heterocycles. The Kier molecular flexibility index (Phi) is 15.2. The van der Waals surface area contributed by atoms with Gasteiger partial charge in [0.2, 0.25) is 0 Å². The predicted molar refractivity (Wildman–Crippen MR) is 279 cm³/mol. The highest BCUT2D eigenvalue weighted by Gasteiger charge is 2.52. The number of nitrogens with zero attached hydrogens (tertiary/aromatic N) is 5. The molecule has 0 bridgehead atoms. The monoisotopic (exact) mass is 999 g/mol. The molecule has 388 valence electrons. The van der Waals surface area contributed by atoms with E-state index in [0.29, 0.717) is 65.7 Å². The fraction of sp³-hybridized carbons (Fsp3) is 0.661. The van der Waals surface area contributed by atoms with Crippen LogP contribution in [-0.2, 0) is 16.0 Å². The van der Waals surface area contributed by atoms with Gasteiger partial charge in [-0.25, -0.2) is 13.6 Å². The molecule has 1 amide bonds. The second-order valence-corrected chi connectivity index (χ2v) is 29.3. The number of pyridine rings is 1. The number of halogens is 2. The van der Waals surface area contributed by atoms with Crippen LogP contribution in [0.25, 0.3) is 32.9 Å². The maximum absolute atomic E-state index is 18.0. The van der Waals surface area contributed by atoms with Crippen molar-refractivity contribution in [3.8, 4) is 23.0 Å².